The Hall–Kier alpha value is -0.580. The lowest BCUT2D eigenvalue weighted by Crippen LogP contribution is -2.46. The van der Waals surface area contributed by atoms with Gasteiger partial charge in [-0.3, -0.25) is 4.79 Å². The average Bonchev–Trinajstić information content (AvgIpc) is 2.92. The molecule has 3 atom stereocenters. The van der Waals surface area contributed by atoms with Gasteiger partial charge in [-0.15, -0.1) is 11.6 Å². The van der Waals surface area contributed by atoms with Gasteiger partial charge in [-0.05, 0) is 43.8 Å². The van der Waals surface area contributed by atoms with Crippen LogP contribution in [0.25, 0.3) is 0 Å². The number of nitrogens with two attached hydrogens (primary N) is 1. The third-order valence-corrected chi connectivity index (χ3v) is 5.60. The van der Waals surface area contributed by atoms with E-state index in [4.69, 9.17) is 28.9 Å². The molecule has 1 aliphatic heterocycles. The van der Waals surface area contributed by atoms with E-state index in [-0.39, 0.29) is 22.4 Å². The van der Waals surface area contributed by atoms with Crippen molar-refractivity contribution in [2.24, 2.45) is 23.0 Å². The first kappa shape index (κ1) is 16.8. The number of allylic oxidation sites excluding steroid dienone is 3. The van der Waals surface area contributed by atoms with E-state index in [1.54, 1.807) is 0 Å². The van der Waals surface area contributed by atoms with Gasteiger partial charge in [0, 0.05) is 11.0 Å². The number of carbonyl (C=O) groups excluding carboxylic acids is 1. The van der Waals surface area contributed by atoms with Crippen LogP contribution in [-0.4, -0.2) is 24.4 Å². The summed E-state index contributed by atoms with van der Waals surface area (Å²) in [6.07, 6.45) is 2.55. The van der Waals surface area contributed by atoms with Gasteiger partial charge < -0.3 is 11.1 Å². The van der Waals surface area contributed by atoms with E-state index in [1.807, 2.05) is 13.8 Å². The molecule has 1 heterocycles. The number of hydrogen-bond donors (Lipinski definition) is 2. The second-order valence-electron chi connectivity index (χ2n) is 6.32. The predicted octanol–water partition coefficient (Wildman–Crippen LogP) is 3.08. The first-order valence-electron chi connectivity index (χ1n) is 7.22. The molecular formula is C15H21Cl2FN2O. The Bertz CT molecular complexity index is 498. The quantitative estimate of drug-likeness (QED) is 0.776. The molecule has 6 heteroatoms. The highest BCUT2D eigenvalue weighted by Crippen LogP contribution is 2.55. The topological polar surface area (TPSA) is 55.1 Å². The average molecular weight is 335 g/mol. The van der Waals surface area contributed by atoms with Crippen LogP contribution in [0.4, 0.5) is 4.39 Å². The third-order valence-electron chi connectivity index (χ3n) is 4.45. The van der Waals surface area contributed by atoms with Crippen LogP contribution >= 0.6 is 23.2 Å². The monoisotopic (exact) mass is 334 g/mol. The lowest BCUT2D eigenvalue weighted by Gasteiger charge is -2.45. The lowest BCUT2D eigenvalue weighted by atomic mass is 9.63. The molecule has 1 aliphatic carbocycles. The van der Waals surface area contributed by atoms with Crippen molar-refractivity contribution in [1.29, 1.82) is 0 Å². The maximum atomic E-state index is 14.3. The summed E-state index contributed by atoms with van der Waals surface area (Å²) in [7, 11) is 0. The Kier molecular flexibility index (Phi) is 5.01. The Morgan fingerprint density at radius 2 is 2.29 bits per heavy atom. The first-order chi connectivity index (χ1) is 9.80. The summed E-state index contributed by atoms with van der Waals surface area (Å²) in [5.41, 5.74) is 4.72. The fourth-order valence-electron chi connectivity index (χ4n) is 3.60. The maximum Gasteiger partial charge on any atom is 0.246 e. The van der Waals surface area contributed by atoms with E-state index in [0.717, 1.165) is 19.0 Å². The van der Waals surface area contributed by atoms with Gasteiger partial charge in [-0.1, -0.05) is 25.4 Å². The van der Waals surface area contributed by atoms with Gasteiger partial charge in [0.1, 0.15) is 5.83 Å². The SMILES string of the molecule is CC(C)CC1(C2CCNC2)C(Cl)=C(F)C=C(C(N)=O)C1Cl. The van der Waals surface area contributed by atoms with E-state index < -0.39 is 22.5 Å². The van der Waals surface area contributed by atoms with Crippen LogP contribution in [0, 0.1) is 17.3 Å². The molecule has 21 heavy (non-hydrogen) atoms. The smallest absolute Gasteiger partial charge is 0.246 e. The summed E-state index contributed by atoms with van der Waals surface area (Å²) in [4.78, 5) is 11.6. The molecule has 3 nitrogen and oxygen atoms in total. The Balaban J connectivity index is 2.56. The Morgan fingerprint density at radius 3 is 2.76 bits per heavy atom. The van der Waals surface area contributed by atoms with Crippen molar-refractivity contribution in [2.45, 2.75) is 32.1 Å². The fraction of sp³-hybridized carbons (Fsp3) is 0.667. The fourth-order valence-corrected chi connectivity index (χ4v) is 4.59. The standard InChI is InChI=1S/C15H21Cl2FN2O/c1-8(2)6-15(9-3-4-20-7-9)12(16)10(14(19)21)5-11(18)13(15)17/h5,8-9,12,20H,3-4,6-7H2,1-2H3,(H2,19,21). The van der Waals surface area contributed by atoms with Crippen molar-refractivity contribution in [3.05, 3.63) is 22.5 Å². The van der Waals surface area contributed by atoms with E-state index >= 15 is 0 Å². The van der Waals surface area contributed by atoms with Crippen molar-refractivity contribution in [3.63, 3.8) is 0 Å². The highest BCUT2D eigenvalue weighted by molar-refractivity contribution is 6.34. The van der Waals surface area contributed by atoms with Crippen LogP contribution < -0.4 is 11.1 Å². The van der Waals surface area contributed by atoms with Crippen LogP contribution in [0.15, 0.2) is 22.5 Å². The largest absolute Gasteiger partial charge is 0.366 e. The number of nitrogens with one attached hydrogen (secondary N) is 1. The number of alkyl halides is 1. The van der Waals surface area contributed by atoms with E-state index in [0.29, 0.717) is 13.0 Å². The molecule has 0 bridgehead atoms. The van der Waals surface area contributed by atoms with Crippen LogP contribution in [0.5, 0.6) is 0 Å². The van der Waals surface area contributed by atoms with Crippen LogP contribution in [0.1, 0.15) is 26.7 Å². The zero-order chi connectivity index (χ0) is 15.8. The number of carbonyl (C=O) groups is 1. The molecule has 0 radical (unpaired) electrons. The van der Waals surface area contributed by atoms with Crippen molar-refractivity contribution in [2.75, 3.05) is 13.1 Å². The molecule has 0 spiro atoms. The Morgan fingerprint density at radius 1 is 1.62 bits per heavy atom. The second-order valence-corrected chi connectivity index (χ2v) is 7.13. The predicted molar refractivity (Wildman–Crippen MR) is 83.8 cm³/mol. The second kappa shape index (κ2) is 6.27. The summed E-state index contributed by atoms with van der Waals surface area (Å²) < 4.78 is 14.3. The number of halogens is 3. The number of amides is 1. The molecule has 2 rings (SSSR count). The zero-order valence-electron chi connectivity index (χ0n) is 12.3. The molecule has 0 aromatic heterocycles. The summed E-state index contributed by atoms with van der Waals surface area (Å²) in [5.74, 6) is -0.923. The maximum absolute atomic E-state index is 14.3. The summed E-state index contributed by atoms with van der Waals surface area (Å²) >= 11 is 13.0. The highest BCUT2D eigenvalue weighted by Gasteiger charge is 2.53. The van der Waals surface area contributed by atoms with Gasteiger partial charge in [-0.2, -0.15) is 0 Å². The minimum absolute atomic E-state index is 0.0868. The lowest BCUT2D eigenvalue weighted by molar-refractivity contribution is -0.115. The minimum Gasteiger partial charge on any atom is -0.366 e. The molecular weight excluding hydrogens is 314 g/mol. The summed E-state index contributed by atoms with van der Waals surface area (Å²) in [6.45, 7) is 5.64. The number of primary amides is 1. The Labute approximate surface area is 134 Å². The highest BCUT2D eigenvalue weighted by atomic mass is 35.5. The van der Waals surface area contributed by atoms with Crippen LogP contribution in [0.2, 0.25) is 0 Å². The van der Waals surface area contributed by atoms with Gasteiger partial charge in [0.25, 0.3) is 0 Å². The zero-order valence-corrected chi connectivity index (χ0v) is 13.8. The molecule has 2 aliphatic rings. The molecule has 0 aromatic rings. The van der Waals surface area contributed by atoms with Gasteiger partial charge in [0.05, 0.1) is 10.4 Å². The van der Waals surface area contributed by atoms with Gasteiger partial charge in [0.15, 0.2) is 0 Å². The molecule has 1 saturated heterocycles. The molecule has 3 unspecified atom stereocenters. The van der Waals surface area contributed by atoms with Crippen LogP contribution in [-0.2, 0) is 4.79 Å². The van der Waals surface area contributed by atoms with Crippen molar-refractivity contribution >= 4 is 29.1 Å². The van der Waals surface area contributed by atoms with Gasteiger partial charge >= 0.3 is 0 Å². The molecule has 0 saturated carbocycles. The normalized spacial score (nSPS) is 33.5. The number of hydrogen-bond acceptors (Lipinski definition) is 2. The van der Waals surface area contributed by atoms with Crippen molar-refractivity contribution in [1.82, 2.24) is 5.32 Å². The van der Waals surface area contributed by atoms with Gasteiger partial charge in [-0.25, -0.2) is 4.39 Å². The summed E-state index contributed by atoms with van der Waals surface area (Å²) in [6, 6.07) is 0. The van der Waals surface area contributed by atoms with E-state index in [9.17, 15) is 9.18 Å². The summed E-state index contributed by atoms with van der Waals surface area (Å²) in [5, 5.41) is 2.70. The number of rotatable bonds is 4. The minimum atomic E-state index is -0.774. The molecule has 0 aromatic carbocycles. The van der Waals surface area contributed by atoms with Gasteiger partial charge in [0.2, 0.25) is 5.91 Å². The molecule has 1 fully saturated rings. The van der Waals surface area contributed by atoms with E-state index in [1.165, 1.54) is 0 Å². The molecule has 1 amide bonds. The van der Waals surface area contributed by atoms with Crippen molar-refractivity contribution in [3.8, 4) is 0 Å². The van der Waals surface area contributed by atoms with Crippen molar-refractivity contribution < 1.29 is 9.18 Å². The molecule has 118 valence electrons. The van der Waals surface area contributed by atoms with E-state index in [2.05, 4.69) is 5.32 Å². The third kappa shape index (κ3) is 2.86. The van der Waals surface area contributed by atoms with Crippen LogP contribution in [0.3, 0.4) is 0 Å². The first-order valence-corrected chi connectivity index (χ1v) is 8.04. The molecule has 3 N–H and O–H groups in total.